The van der Waals surface area contributed by atoms with Gasteiger partial charge in [-0.25, -0.2) is 9.97 Å². The first-order valence-electron chi connectivity index (χ1n) is 7.86. The molecular weight excluding hydrogens is 371 g/mol. The van der Waals surface area contributed by atoms with Crippen LogP contribution in [0.1, 0.15) is 21.5 Å². The van der Waals surface area contributed by atoms with Crippen molar-refractivity contribution in [3.8, 4) is 0 Å². The minimum atomic E-state index is -0.265. The van der Waals surface area contributed by atoms with E-state index in [1.165, 1.54) is 12.4 Å². The number of carbonyl (C=O) groups excluding carboxylic acids is 1. The second-order valence-electron chi connectivity index (χ2n) is 5.77. The van der Waals surface area contributed by atoms with Crippen molar-refractivity contribution in [2.24, 2.45) is 0 Å². The highest BCUT2D eigenvalue weighted by molar-refractivity contribution is 6.36. The molecule has 0 fully saturated rings. The Kier molecular flexibility index (Phi) is 5.40. The topological polar surface area (TPSA) is 66.9 Å². The number of nitrogens with one attached hydrogen (secondary N) is 2. The van der Waals surface area contributed by atoms with Crippen molar-refractivity contribution in [1.29, 1.82) is 0 Å². The molecule has 0 aliphatic rings. The van der Waals surface area contributed by atoms with Crippen LogP contribution in [0, 0.1) is 13.8 Å². The highest BCUT2D eigenvalue weighted by atomic mass is 35.5. The average Bonchev–Trinajstić information content (AvgIpc) is 2.61. The van der Waals surface area contributed by atoms with Gasteiger partial charge in [0.15, 0.2) is 0 Å². The minimum Gasteiger partial charge on any atom is -0.323 e. The molecule has 26 heavy (non-hydrogen) atoms. The van der Waals surface area contributed by atoms with Crippen molar-refractivity contribution in [3.05, 3.63) is 75.5 Å². The van der Waals surface area contributed by atoms with Gasteiger partial charge >= 0.3 is 0 Å². The predicted octanol–water partition coefficient (Wildman–Crippen LogP) is 5.40. The molecule has 0 aliphatic carbocycles. The van der Waals surface area contributed by atoms with Crippen molar-refractivity contribution >= 4 is 46.4 Å². The normalized spacial score (nSPS) is 10.5. The molecule has 0 aliphatic heterocycles. The molecule has 0 radical (unpaired) electrons. The van der Waals surface area contributed by atoms with Crippen LogP contribution in [0.15, 0.2) is 48.8 Å². The molecule has 0 bridgehead atoms. The molecule has 0 saturated heterocycles. The van der Waals surface area contributed by atoms with Crippen molar-refractivity contribution in [2.45, 2.75) is 13.8 Å². The molecule has 3 rings (SSSR count). The third-order valence-electron chi connectivity index (χ3n) is 3.81. The summed E-state index contributed by atoms with van der Waals surface area (Å²) in [6.45, 7) is 3.89. The van der Waals surface area contributed by atoms with E-state index in [9.17, 15) is 4.79 Å². The average molecular weight is 387 g/mol. The number of amides is 1. The number of halogens is 2. The number of aryl methyl sites for hydroxylation is 2. The summed E-state index contributed by atoms with van der Waals surface area (Å²) in [5, 5.41) is 6.89. The van der Waals surface area contributed by atoms with Crippen molar-refractivity contribution < 1.29 is 4.79 Å². The minimum absolute atomic E-state index is 0.265. The van der Waals surface area contributed by atoms with Gasteiger partial charge in [0, 0.05) is 23.1 Å². The van der Waals surface area contributed by atoms with Gasteiger partial charge in [-0.2, -0.15) is 0 Å². The molecule has 132 valence electrons. The number of aromatic nitrogens is 2. The molecule has 3 aromatic rings. The summed E-state index contributed by atoms with van der Waals surface area (Å²) >= 11 is 12.0. The maximum Gasteiger partial charge on any atom is 0.258 e. The molecule has 0 atom stereocenters. The van der Waals surface area contributed by atoms with Crippen LogP contribution in [0.3, 0.4) is 0 Å². The van der Waals surface area contributed by atoms with E-state index in [1.807, 2.05) is 32.0 Å². The smallest absolute Gasteiger partial charge is 0.258 e. The molecule has 7 heteroatoms. The fourth-order valence-electron chi connectivity index (χ4n) is 2.42. The SMILES string of the molecule is Cc1cccc(C)c1NC(=O)c1cnc(Nc2ccc(Cl)cc2Cl)nc1. The lowest BCUT2D eigenvalue weighted by Gasteiger charge is -2.11. The Labute approximate surface area is 161 Å². The van der Waals surface area contributed by atoms with Crippen molar-refractivity contribution in [1.82, 2.24) is 9.97 Å². The number of benzene rings is 2. The maximum atomic E-state index is 12.4. The third-order valence-corrected chi connectivity index (χ3v) is 4.36. The maximum absolute atomic E-state index is 12.4. The molecule has 0 unspecified atom stereocenters. The second-order valence-corrected chi connectivity index (χ2v) is 6.61. The molecule has 2 aromatic carbocycles. The lowest BCUT2D eigenvalue weighted by atomic mass is 10.1. The lowest BCUT2D eigenvalue weighted by Crippen LogP contribution is -2.14. The lowest BCUT2D eigenvalue weighted by molar-refractivity contribution is 0.102. The Morgan fingerprint density at radius 1 is 1.00 bits per heavy atom. The van der Waals surface area contributed by atoms with Gasteiger partial charge in [0.25, 0.3) is 5.91 Å². The van der Waals surface area contributed by atoms with Crippen LogP contribution >= 0.6 is 23.2 Å². The van der Waals surface area contributed by atoms with Crippen molar-refractivity contribution in [2.75, 3.05) is 10.6 Å². The van der Waals surface area contributed by atoms with Gasteiger partial charge in [0.1, 0.15) is 0 Å². The van der Waals surface area contributed by atoms with Gasteiger partial charge in [-0.1, -0.05) is 41.4 Å². The summed E-state index contributed by atoms with van der Waals surface area (Å²) in [4.78, 5) is 20.8. The van der Waals surface area contributed by atoms with Crippen molar-refractivity contribution in [3.63, 3.8) is 0 Å². The highest BCUT2D eigenvalue weighted by Gasteiger charge is 2.11. The van der Waals surface area contributed by atoms with E-state index in [0.29, 0.717) is 27.2 Å². The predicted molar refractivity (Wildman–Crippen MR) is 106 cm³/mol. The first kappa shape index (κ1) is 18.2. The number of rotatable bonds is 4. The number of nitrogens with zero attached hydrogens (tertiary/aromatic N) is 2. The Morgan fingerprint density at radius 2 is 1.65 bits per heavy atom. The van der Waals surface area contributed by atoms with E-state index in [4.69, 9.17) is 23.2 Å². The Hall–Kier alpha value is -2.63. The van der Waals surface area contributed by atoms with E-state index < -0.39 is 0 Å². The fraction of sp³-hybridized carbons (Fsp3) is 0.105. The zero-order valence-corrected chi connectivity index (χ0v) is 15.7. The van der Waals surface area contributed by atoms with Crippen LogP contribution in [0.4, 0.5) is 17.3 Å². The van der Waals surface area contributed by atoms with E-state index in [1.54, 1.807) is 18.2 Å². The molecular formula is C19H16Cl2N4O. The Bertz CT molecular complexity index is 938. The van der Waals surface area contributed by atoms with E-state index in [2.05, 4.69) is 20.6 Å². The summed E-state index contributed by atoms with van der Waals surface area (Å²) in [5.41, 5.74) is 3.78. The number of anilines is 3. The second kappa shape index (κ2) is 7.72. The van der Waals surface area contributed by atoms with Gasteiger partial charge in [-0.3, -0.25) is 4.79 Å². The summed E-state index contributed by atoms with van der Waals surface area (Å²) in [6, 6.07) is 10.9. The molecule has 1 aromatic heterocycles. The molecule has 2 N–H and O–H groups in total. The van der Waals surface area contributed by atoms with Crippen LogP contribution in [0.2, 0.25) is 10.0 Å². The van der Waals surface area contributed by atoms with Gasteiger partial charge < -0.3 is 10.6 Å². The number of hydrogen-bond acceptors (Lipinski definition) is 4. The standard InChI is InChI=1S/C19H16Cl2N4O/c1-11-4-3-5-12(2)17(11)25-18(26)13-9-22-19(23-10-13)24-16-7-6-14(20)8-15(16)21/h3-10H,1-2H3,(H,25,26)(H,22,23,24). The molecule has 5 nitrogen and oxygen atoms in total. The Morgan fingerprint density at radius 3 is 2.27 bits per heavy atom. The van der Waals surface area contributed by atoms with Crippen LogP contribution in [-0.4, -0.2) is 15.9 Å². The largest absolute Gasteiger partial charge is 0.323 e. The highest BCUT2D eigenvalue weighted by Crippen LogP contribution is 2.27. The van der Waals surface area contributed by atoms with E-state index in [0.717, 1.165) is 16.8 Å². The summed E-state index contributed by atoms with van der Waals surface area (Å²) < 4.78 is 0. The zero-order chi connectivity index (χ0) is 18.7. The third kappa shape index (κ3) is 4.12. The number of para-hydroxylation sites is 1. The zero-order valence-electron chi connectivity index (χ0n) is 14.2. The molecule has 1 heterocycles. The Balaban J connectivity index is 1.74. The summed E-state index contributed by atoms with van der Waals surface area (Å²) in [5.74, 6) is 0.0660. The first-order valence-corrected chi connectivity index (χ1v) is 8.61. The summed E-state index contributed by atoms with van der Waals surface area (Å²) in [7, 11) is 0. The fourth-order valence-corrected chi connectivity index (χ4v) is 2.87. The van der Waals surface area contributed by atoms with Gasteiger partial charge in [-0.05, 0) is 43.2 Å². The number of carbonyl (C=O) groups is 1. The number of hydrogen-bond donors (Lipinski definition) is 2. The molecule has 0 spiro atoms. The first-order chi connectivity index (χ1) is 12.4. The van der Waals surface area contributed by atoms with Gasteiger partial charge in [0.2, 0.25) is 5.95 Å². The van der Waals surface area contributed by atoms with E-state index >= 15 is 0 Å². The van der Waals surface area contributed by atoms with Crippen LogP contribution in [0.5, 0.6) is 0 Å². The van der Waals surface area contributed by atoms with E-state index in [-0.39, 0.29) is 5.91 Å². The van der Waals surface area contributed by atoms with Gasteiger partial charge in [-0.15, -0.1) is 0 Å². The summed E-state index contributed by atoms with van der Waals surface area (Å²) in [6.07, 6.45) is 2.92. The van der Waals surface area contributed by atoms with Crippen LogP contribution < -0.4 is 10.6 Å². The monoisotopic (exact) mass is 386 g/mol. The quantitative estimate of drug-likeness (QED) is 0.629. The van der Waals surface area contributed by atoms with Crippen LogP contribution in [-0.2, 0) is 0 Å². The molecule has 1 amide bonds. The van der Waals surface area contributed by atoms with Crippen LogP contribution in [0.25, 0.3) is 0 Å². The van der Waals surface area contributed by atoms with Gasteiger partial charge in [0.05, 0.1) is 16.3 Å². The molecule has 0 saturated carbocycles.